The van der Waals surface area contributed by atoms with Gasteiger partial charge >= 0.3 is 0 Å². The second-order valence-corrected chi connectivity index (χ2v) is 8.44. The quantitative estimate of drug-likeness (QED) is 0.334. The number of primary amides is 1. The number of carbonyl (C=O) groups is 2. The Morgan fingerprint density at radius 1 is 1.18 bits per heavy atom. The number of aliphatic hydroxyl groups excluding tert-OH is 2. The maximum Gasteiger partial charge on any atom is 0.239 e. The van der Waals surface area contributed by atoms with Crippen LogP contribution in [0.1, 0.15) is 34.4 Å². The number of aliphatic hydroxyl groups is 2. The molecule has 0 aliphatic rings. The number of nitrogens with two attached hydrogens (primary N) is 1. The lowest BCUT2D eigenvalue weighted by Crippen LogP contribution is -2.44. The number of hydrogen-bond acceptors (Lipinski definition) is 9. The molecule has 2 amide bonds. The van der Waals surface area contributed by atoms with Crippen LogP contribution in [-0.2, 0) is 16.0 Å². The van der Waals surface area contributed by atoms with Crippen molar-refractivity contribution in [2.24, 2.45) is 5.73 Å². The first kappa shape index (κ1) is 26.6. The number of hydrogen-bond donors (Lipinski definition) is 4. The molecule has 0 fully saturated rings. The number of thioether (sulfide) groups is 1. The van der Waals surface area contributed by atoms with E-state index in [0.29, 0.717) is 17.5 Å². The number of nitriles is 2. The molecule has 0 saturated carbocycles. The fourth-order valence-corrected chi connectivity index (χ4v) is 4.35. The molecular weight excluding hydrogens is 456 g/mol. The monoisotopic (exact) mass is 482 g/mol. The Hall–Kier alpha value is -3.64. The fourth-order valence-electron chi connectivity index (χ4n) is 3.29. The van der Waals surface area contributed by atoms with E-state index in [0.717, 1.165) is 11.8 Å². The SMILES string of the molecule is CCc1c(C#N)c(SC(C(N)=O)c2ccccc2)nc(N(C)CC(=O)NC(CO)CO)c1C#N. The summed E-state index contributed by atoms with van der Waals surface area (Å²) in [5.74, 6) is -0.952. The molecule has 5 N–H and O–H groups in total. The minimum Gasteiger partial charge on any atom is -0.394 e. The second kappa shape index (κ2) is 12.6. The molecule has 34 heavy (non-hydrogen) atoms. The van der Waals surface area contributed by atoms with E-state index in [1.54, 1.807) is 44.3 Å². The van der Waals surface area contributed by atoms with Crippen molar-refractivity contribution in [3.8, 4) is 12.1 Å². The van der Waals surface area contributed by atoms with Gasteiger partial charge in [0, 0.05) is 7.05 Å². The van der Waals surface area contributed by atoms with Crippen LogP contribution >= 0.6 is 11.8 Å². The van der Waals surface area contributed by atoms with Gasteiger partial charge in [-0.2, -0.15) is 10.5 Å². The summed E-state index contributed by atoms with van der Waals surface area (Å²) in [4.78, 5) is 30.5. The van der Waals surface area contributed by atoms with Gasteiger partial charge in [0.25, 0.3) is 0 Å². The van der Waals surface area contributed by atoms with Gasteiger partial charge in [0.1, 0.15) is 28.2 Å². The molecule has 1 atom stereocenters. The highest BCUT2D eigenvalue weighted by atomic mass is 32.2. The minimum absolute atomic E-state index is 0.148. The Labute approximate surface area is 202 Å². The van der Waals surface area contributed by atoms with Crippen molar-refractivity contribution in [3.05, 3.63) is 52.6 Å². The largest absolute Gasteiger partial charge is 0.394 e. The highest BCUT2D eigenvalue weighted by Crippen LogP contribution is 2.39. The van der Waals surface area contributed by atoms with Crippen LogP contribution in [0.3, 0.4) is 0 Å². The number of aromatic nitrogens is 1. The van der Waals surface area contributed by atoms with Crippen LogP contribution < -0.4 is 16.0 Å². The molecule has 0 aliphatic heterocycles. The lowest BCUT2D eigenvalue weighted by atomic mass is 10.0. The molecule has 0 spiro atoms. The van der Waals surface area contributed by atoms with E-state index in [2.05, 4.69) is 22.4 Å². The zero-order valence-electron chi connectivity index (χ0n) is 18.9. The second-order valence-electron chi connectivity index (χ2n) is 7.34. The van der Waals surface area contributed by atoms with Crippen LogP contribution in [0.25, 0.3) is 0 Å². The summed E-state index contributed by atoms with van der Waals surface area (Å²) in [5, 5.41) is 39.9. The minimum atomic E-state index is -0.824. The highest BCUT2D eigenvalue weighted by Gasteiger charge is 2.27. The van der Waals surface area contributed by atoms with Crippen LogP contribution in [0.2, 0.25) is 0 Å². The lowest BCUT2D eigenvalue weighted by Gasteiger charge is -2.24. The molecule has 0 aliphatic carbocycles. The van der Waals surface area contributed by atoms with Gasteiger partial charge in [-0.1, -0.05) is 49.0 Å². The van der Waals surface area contributed by atoms with Gasteiger partial charge in [0.2, 0.25) is 11.8 Å². The maximum atomic E-state index is 12.4. The van der Waals surface area contributed by atoms with E-state index < -0.39 is 36.3 Å². The average molecular weight is 483 g/mol. The number of rotatable bonds is 11. The number of pyridine rings is 1. The fraction of sp³-hybridized carbons (Fsp3) is 0.348. The summed E-state index contributed by atoms with van der Waals surface area (Å²) in [6.07, 6.45) is 0.346. The highest BCUT2D eigenvalue weighted by molar-refractivity contribution is 8.00. The molecular formula is C23H26N6O4S. The van der Waals surface area contributed by atoms with Crippen LogP contribution in [0, 0.1) is 22.7 Å². The third-order valence-electron chi connectivity index (χ3n) is 4.96. The predicted molar refractivity (Wildman–Crippen MR) is 127 cm³/mol. The molecule has 0 saturated heterocycles. The maximum absolute atomic E-state index is 12.4. The Balaban J connectivity index is 2.53. The molecule has 0 bridgehead atoms. The molecule has 11 heteroatoms. The summed E-state index contributed by atoms with van der Waals surface area (Å²) in [5.41, 5.74) is 7.06. The lowest BCUT2D eigenvalue weighted by molar-refractivity contribution is -0.121. The van der Waals surface area contributed by atoms with Gasteiger partial charge in [-0.15, -0.1) is 0 Å². The van der Waals surface area contributed by atoms with Gasteiger partial charge in [0.05, 0.1) is 36.9 Å². The van der Waals surface area contributed by atoms with Crippen LogP contribution in [0.5, 0.6) is 0 Å². The Kier molecular flexibility index (Phi) is 9.83. The third kappa shape index (κ3) is 6.23. The Morgan fingerprint density at radius 2 is 1.79 bits per heavy atom. The van der Waals surface area contributed by atoms with Gasteiger partial charge in [0.15, 0.2) is 0 Å². The third-order valence-corrected chi connectivity index (χ3v) is 6.22. The zero-order valence-corrected chi connectivity index (χ0v) is 19.7. The van der Waals surface area contributed by atoms with Crippen molar-refractivity contribution < 1.29 is 19.8 Å². The van der Waals surface area contributed by atoms with Gasteiger partial charge in [-0.3, -0.25) is 9.59 Å². The van der Waals surface area contributed by atoms with E-state index >= 15 is 0 Å². The molecule has 2 aromatic rings. The topological polar surface area (TPSA) is 176 Å². The molecule has 1 aromatic heterocycles. The first-order chi connectivity index (χ1) is 16.3. The number of likely N-dealkylation sites (N-methyl/N-ethyl adjacent to an activating group) is 1. The summed E-state index contributed by atoms with van der Waals surface area (Å²) in [7, 11) is 1.55. The summed E-state index contributed by atoms with van der Waals surface area (Å²) in [6, 6.07) is 12.2. The number of amides is 2. The van der Waals surface area contributed by atoms with Crippen molar-refractivity contribution in [1.82, 2.24) is 10.3 Å². The normalized spacial score (nSPS) is 11.4. The standard InChI is InChI=1S/C23H26N6O4S/c1-3-16-17(9-24)22(29(2)11-19(32)27-15(12-30)13-31)28-23(18(16)10-25)34-20(21(26)33)14-7-5-4-6-8-14/h4-8,15,20,30-31H,3,11-13H2,1-2H3,(H2,26,33)(H,27,32). The summed E-state index contributed by atoms with van der Waals surface area (Å²) < 4.78 is 0. The van der Waals surface area contributed by atoms with E-state index in [1.807, 2.05) is 0 Å². The van der Waals surface area contributed by atoms with Crippen molar-refractivity contribution in [3.63, 3.8) is 0 Å². The van der Waals surface area contributed by atoms with E-state index in [9.17, 15) is 30.3 Å². The van der Waals surface area contributed by atoms with Crippen LogP contribution in [0.15, 0.2) is 35.4 Å². The first-order valence-corrected chi connectivity index (χ1v) is 11.3. The molecule has 1 aromatic carbocycles. The zero-order chi connectivity index (χ0) is 25.3. The molecule has 1 heterocycles. The smallest absolute Gasteiger partial charge is 0.239 e. The molecule has 0 radical (unpaired) electrons. The number of carbonyl (C=O) groups excluding carboxylic acids is 2. The molecule has 10 nitrogen and oxygen atoms in total. The number of nitrogens with one attached hydrogen (secondary N) is 1. The van der Waals surface area contributed by atoms with Crippen molar-refractivity contribution in [2.45, 2.75) is 29.7 Å². The Bertz CT molecular complexity index is 1110. The van der Waals surface area contributed by atoms with Crippen molar-refractivity contribution in [2.75, 3.05) is 31.7 Å². The average Bonchev–Trinajstić information content (AvgIpc) is 2.84. The van der Waals surface area contributed by atoms with Crippen LogP contribution in [0.4, 0.5) is 5.82 Å². The summed E-state index contributed by atoms with van der Waals surface area (Å²) in [6.45, 7) is 0.700. The Morgan fingerprint density at radius 3 is 2.29 bits per heavy atom. The van der Waals surface area contributed by atoms with Crippen LogP contribution in [-0.4, -0.2) is 59.9 Å². The number of benzene rings is 1. The van der Waals surface area contributed by atoms with Gasteiger partial charge in [-0.05, 0) is 17.5 Å². The van der Waals surface area contributed by atoms with E-state index in [4.69, 9.17) is 5.73 Å². The predicted octanol–water partition coefficient (Wildman–Crippen LogP) is 0.612. The van der Waals surface area contributed by atoms with E-state index in [1.165, 1.54) is 4.90 Å². The molecule has 1 unspecified atom stereocenters. The summed E-state index contributed by atoms with van der Waals surface area (Å²) >= 11 is 1.01. The van der Waals surface area contributed by atoms with Crippen molar-refractivity contribution in [1.29, 1.82) is 10.5 Å². The van der Waals surface area contributed by atoms with Gasteiger partial charge < -0.3 is 26.2 Å². The molecule has 178 valence electrons. The molecule has 2 rings (SSSR count). The first-order valence-electron chi connectivity index (χ1n) is 10.4. The number of anilines is 1. The van der Waals surface area contributed by atoms with Gasteiger partial charge in [-0.25, -0.2) is 4.98 Å². The number of nitrogens with zero attached hydrogens (tertiary/aromatic N) is 4. The van der Waals surface area contributed by atoms with E-state index in [-0.39, 0.29) is 28.5 Å². The van der Waals surface area contributed by atoms with Crippen molar-refractivity contribution >= 4 is 29.4 Å².